The van der Waals surface area contributed by atoms with Crippen molar-refractivity contribution < 1.29 is 13.6 Å². The normalized spacial score (nSPS) is 10.7. The molecule has 1 N–H and O–H groups in total. The molecule has 8 heteroatoms. The molecule has 2 aromatic heterocycles. The van der Waals surface area contributed by atoms with E-state index in [2.05, 4.69) is 25.7 Å². The van der Waals surface area contributed by atoms with Crippen LogP contribution >= 0.6 is 0 Å². The lowest BCUT2D eigenvalue weighted by Crippen LogP contribution is -2.11. The van der Waals surface area contributed by atoms with Gasteiger partial charge in [-0.1, -0.05) is 24.3 Å². The van der Waals surface area contributed by atoms with E-state index in [0.717, 1.165) is 11.1 Å². The van der Waals surface area contributed by atoms with E-state index in [1.807, 2.05) is 48.5 Å². The predicted molar refractivity (Wildman–Crippen MR) is 101 cm³/mol. The third kappa shape index (κ3) is 4.29. The maximum absolute atomic E-state index is 12.2. The van der Waals surface area contributed by atoms with Crippen molar-refractivity contribution in [1.82, 2.24) is 20.4 Å². The fourth-order valence-corrected chi connectivity index (χ4v) is 2.70. The average molecular weight is 375 g/mol. The van der Waals surface area contributed by atoms with Crippen LogP contribution in [0.3, 0.4) is 0 Å². The summed E-state index contributed by atoms with van der Waals surface area (Å²) < 4.78 is 10.8. The maximum Gasteiger partial charge on any atom is 0.247 e. The van der Waals surface area contributed by atoms with Gasteiger partial charge >= 0.3 is 0 Å². The Kier molecular flexibility index (Phi) is 5.19. The summed E-state index contributed by atoms with van der Waals surface area (Å²) in [5.74, 6) is 1.31. The molecule has 28 heavy (non-hydrogen) atoms. The summed E-state index contributed by atoms with van der Waals surface area (Å²) in [4.78, 5) is 12.2. The summed E-state index contributed by atoms with van der Waals surface area (Å²) in [5.41, 5.74) is 2.29. The van der Waals surface area contributed by atoms with E-state index in [9.17, 15) is 4.79 Å². The van der Waals surface area contributed by atoms with Crippen LogP contribution in [0, 0.1) is 0 Å². The van der Waals surface area contributed by atoms with Crippen molar-refractivity contribution in [3.05, 3.63) is 66.9 Å². The van der Waals surface area contributed by atoms with Gasteiger partial charge in [-0.25, -0.2) is 0 Å². The number of aromatic nitrogens is 4. The summed E-state index contributed by atoms with van der Waals surface area (Å²) in [6.45, 7) is 0. The van der Waals surface area contributed by atoms with Gasteiger partial charge in [-0.2, -0.15) is 0 Å². The minimum absolute atomic E-state index is 0.0922. The molecule has 2 aromatic carbocycles. The second-order valence-electron chi connectivity index (χ2n) is 6.09. The molecule has 0 aliphatic heterocycles. The van der Waals surface area contributed by atoms with Gasteiger partial charge in [-0.3, -0.25) is 4.79 Å². The molecule has 4 rings (SSSR count). The Morgan fingerprint density at radius 2 is 1.79 bits per heavy atom. The number of rotatable bonds is 7. The standard InChI is InChI=1S/C20H17N5O3/c26-17(22-16-9-4-8-15(12-16)19-24-21-13-27-19)10-5-11-18-23-25-20(28-18)14-6-2-1-3-7-14/h1-4,6-9,12-13H,5,10-11H2,(H,22,26). The zero-order chi connectivity index (χ0) is 19.2. The molecule has 1 amide bonds. The van der Waals surface area contributed by atoms with Gasteiger partial charge in [-0.05, 0) is 36.8 Å². The van der Waals surface area contributed by atoms with Crippen LogP contribution in [0.4, 0.5) is 5.69 Å². The van der Waals surface area contributed by atoms with Crippen molar-refractivity contribution in [3.63, 3.8) is 0 Å². The van der Waals surface area contributed by atoms with E-state index in [0.29, 0.717) is 42.6 Å². The van der Waals surface area contributed by atoms with Crippen molar-refractivity contribution in [2.75, 3.05) is 5.32 Å². The van der Waals surface area contributed by atoms with Crippen LogP contribution in [0.25, 0.3) is 22.9 Å². The first-order valence-corrected chi connectivity index (χ1v) is 8.82. The van der Waals surface area contributed by atoms with Crippen LogP contribution in [-0.2, 0) is 11.2 Å². The Labute approximate surface area is 160 Å². The quantitative estimate of drug-likeness (QED) is 0.524. The highest BCUT2D eigenvalue weighted by Crippen LogP contribution is 2.21. The topological polar surface area (TPSA) is 107 Å². The van der Waals surface area contributed by atoms with Crippen LogP contribution in [0.5, 0.6) is 0 Å². The Bertz CT molecular complexity index is 1040. The molecular formula is C20H17N5O3. The molecule has 0 saturated heterocycles. The first kappa shape index (κ1) is 17.6. The van der Waals surface area contributed by atoms with Crippen molar-refractivity contribution in [1.29, 1.82) is 0 Å². The van der Waals surface area contributed by atoms with E-state index in [-0.39, 0.29) is 5.91 Å². The summed E-state index contributed by atoms with van der Waals surface area (Å²) in [6.07, 6.45) is 2.75. The molecule has 8 nitrogen and oxygen atoms in total. The molecule has 4 aromatic rings. The van der Waals surface area contributed by atoms with Crippen LogP contribution < -0.4 is 5.32 Å². The van der Waals surface area contributed by atoms with Gasteiger partial charge in [0, 0.05) is 29.7 Å². The lowest BCUT2D eigenvalue weighted by molar-refractivity contribution is -0.116. The largest absolute Gasteiger partial charge is 0.423 e. The lowest BCUT2D eigenvalue weighted by atomic mass is 10.2. The van der Waals surface area contributed by atoms with E-state index in [1.54, 1.807) is 6.07 Å². The smallest absolute Gasteiger partial charge is 0.247 e. The van der Waals surface area contributed by atoms with Gasteiger partial charge in [0.25, 0.3) is 0 Å². The number of carbonyl (C=O) groups is 1. The number of amides is 1. The van der Waals surface area contributed by atoms with Gasteiger partial charge in [0.15, 0.2) is 0 Å². The number of anilines is 1. The van der Waals surface area contributed by atoms with E-state index in [4.69, 9.17) is 8.83 Å². The first-order valence-electron chi connectivity index (χ1n) is 8.82. The summed E-state index contributed by atoms with van der Waals surface area (Å²) in [6, 6.07) is 16.8. The fraction of sp³-hybridized carbons (Fsp3) is 0.150. The number of benzene rings is 2. The number of hydrogen-bond donors (Lipinski definition) is 1. The fourth-order valence-electron chi connectivity index (χ4n) is 2.70. The zero-order valence-electron chi connectivity index (χ0n) is 14.9. The van der Waals surface area contributed by atoms with Crippen molar-refractivity contribution in [2.24, 2.45) is 0 Å². The molecule has 0 spiro atoms. The maximum atomic E-state index is 12.2. The number of nitrogens with zero attached hydrogens (tertiary/aromatic N) is 4. The Morgan fingerprint density at radius 3 is 2.61 bits per heavy atom. The molecule has 0 atom stereocenters. The SMILES string of the molecule is O=C(CCCc1nnc(-c2ccccc2)o1)Nc1cccc(-c2nnco2)c1. The molecule has 0 aliphatic carbocycles. The van der Waals surface area contributed by atoms with Gasteiger partial charge in [-0.15, -0.1) is 20.4 Å². The number of nitrogens with one attached hydrogen (secondary N) is 1. The average Bonchev–Trinajstić information content (AvgIpc) is 3.41. The second kappa shape index (κ2) is 8.26. The van der Waals surface area contributed by atoms with Gasteiger partial charge in [0.2, 0.25) is 30.0 Å². The Morgan fingerprint density at radius 1 is 0.929 bits per heavy atom. The number of aryl methyl sites for hydroxylation is 1. The summed E-state index contributed by atoms with van der Waals surface area (Å²) >= 11 is 0. The van der Waals surface area contributed by atoms with Gasteiger partial charge < -0.3 is 14.2 Å². The molecule has 140 valence electrons. The molecule has 0 fully saturated rings. The highest BCUT2D eigenvalue weighted by Gasteiger charge is 2.10. The molecule has 0 aliphatic rings. The molecule has 2 heterocycles. The van der Waals surface area contributed by atoms with Crippen molar-refractivity contribution in [3.8, 4) is 22.9 Å². The first-order chi connectivity index (χ1) is 13.8. The minimum Gasteiger partial charge on any atom is -0.423 e. The molecule has 0 unspecified atom stereocenters. The third-order valence-electron chi connectivity index (χ3n) is 4.04. The van der Waals surface area contributed by atoms with E-state index in [1.165, 1.54) is 6.39 Å². The van der Waals surface area contributed by atoms with Crippen LogP contribution in [-0.4, -0.2) is 26.3 Å². The molecule has 0 radical (unpaired) electrons. The lowest BCUT2D eigenvalue weighted by Gasteiger charge is -2.05. The van der Waals surface area contributed by atoms with Crippen molar-refractivity contribution >= 4 is 11.6 Å². The van der Waals surface area contributed by atoms with E-state index < -0.39 is 0 Å². The van der Waals surface area contributed by atoms with Gasteiger partial charge in [0.05, 0.1) is 0 Å². The Hall–Kier alpha value is -3.81. The van der Waals surface area contributed by atoms with Gasteiger partial charge in [0.1, 0.15) is 0 Å². The third-order valence-corrected chi connectivity index (χ3v) is 4.04. The molecule has 0 saturated carbocycles. The number of carbonyl (C=O) groups excluding carboxylic acids is 1. The number of hydrogen-bond acceptors (Lipinski definition) is 7. The predicted octanol–water partition coefficient (Wildman–Crippen LogP) is 3.75. The van der Waals surface area contributed by atoms with E-state index >= 15 is 0 Å². The zero-order valence-corrected chi connectivity index (χ0v) is 14.9. The monoisotopic (exact) mass is 375 g/mol. The van der Waals surface area contributed by atoms with Crippen molar-refractivity contribution in [2.45, 2.75) is 19.3 Å². The minimum atomic E-state index is -0.0922. The molecule has 0 bridgehead atoms. The molecular weight excluding hydrogens is 358 g/mol. The summed E-state index contributed by atoms with van der Waals surface area (Å²) in [7, 11) is 0. The second-order valence-corrected chi connectivity index (χ2v) is 6.09. The van der Waals surface area contributed by atoms with Crippen LogP contribution in [0.2, 0.25) is 0 Å². The Balaban J connectivity index is 1.29. The highest BCUT2D eigenvalue weighted by molar-refractivity contribution is 5.91. The summed E-state index contributed by atoms with van der Waals surface area (Å²) in [5, 5.41) is 18.5. The van der Waals surface area contributed by atoms with Crippen LogP contribution in [0.15, 0.2) is 69.8 Å². The van der Waals surface area contributed by atoms with Crippen LogP contribution in [0.1, 0.15) is 18.7 Å². The highest BCUT2D eigenvalue weighted by atomic mass is 16.4.